The summed E-state index contributed by atoms with van der Waals surface area (Å²) in [4.78, 5) is 6.59. The minimum Gasteiger partial charge on any atom is -0.421 e. The quantitative estimate of drug-likeness (QED) is 0.504. The highest BCUT2D eigenvalue weighted by molar-refractivity contribution is 5.63. The molecular weight excluding hydrogens is 154 g/mol. The van der Waals surface area contributed by atoms with E-state index >= 15 is 0 Å². The number of oxazole rings is 1. The number of aromatic amines is 1. The number of aromatic nitrogens is 1. The van der Waals surface area contributed by atoms with Gasteiger partial charge in [0, 0.05) is 12.3 Å². The number of hydrogen-bond donors (Lipinski definition) is 2. The normalized spacial score (nSPS) is 10.1. The van der Waals surface area contributed by atoms with Crippen molar-refractivity contribution in [3.8, 4) is 0 Å². The number of nitrogens with one attached hydrogen (secondary N) is 2. The Labute approximate surface area is 69.5 Å². The fraction of sp³-hybridized carbons (Fsp3) is 0.125. The van der Waals surface area contributed by atoms with Crippen LogP contribution in [-0.2, 0) is 0 Å². The molecule has 0 saturated carbocycles. The predicted molar refractivity (Wildman–Crippen MR) is 46.3 cm³/mol. The van der Waals surface area contributed by atoms with Gasteiger partial charge in [0.15, 0.2) is 11.6 Å². The number of aliphatic imine (C=N–C) groups is 1. The molecule has 12 heavy (non-hydrogen) atoms. The molecule has 0 bridgehead atoms. The maximum absolute atomic E-state index is 7.15. The standard InChI is InChI=1S/C8H9N3O/c1-3-5-6-7(10-4-2)11-8(9)12-6/h4-5H,1H2,2H3,(H2,9,11)/b10-4-. The third-order valence-electron chi connectivity index (χ3n) is 1.17. The molecule has 0 aliphatic rings. The molecule has 0 aliphatic heterocycles. The molecule has 2 N–H and O–H groups in total. The van der Waals surface area contributed by atoms with E-state index in [0.29, 0.717) is 11.6 Å². The summed E-state index contributed by atoms with van der Waals surface area (Å²) in [5, 5.41) is 7.15. The average molecular weight is 163 g/mol. The SMILES string of the molecule is C=C=Cc1oc(=N)[nH]c1/N=C\C. The van der Waals surface area contributed by atoms with Gasteiger partial charge in [0.2, 0.25) is 0 Å². The molecule has 0 aromatic carbocycles. The Hall–Kier alpha value is -1.80. The first kappa shape index (κ1) is 8.30. The summed E-state index contributed by atoms with van der Waals surface area (Å²) in [5.74, 6) is 0.978. The molecule has 0 fully saturated rings. The van der Waals surface area contributed by atoms with Crippen LogP contribution in [0.3, 0.4) is 0 Å². The van der Waals surface area contributed by atoms with Crippen LogP contribution in [0.2, 0.25) is 0 Å². The van der Waals surface area contributed by atoms with Crippen LogP contribution in [0.15, 0.2) is 21.7 Å². The van der Waals surface area contributed by atoms with Gasteiger partial charge in [-0.15, -0.1) is 5.73 Å². The number of H-pyrrole nitrogens is 1. The van der Waals surface area contributed by atoms with Gasteiger partial charge in [-0.1, -0.05) is 6.58 Å². The molecule has 0 atom stereocenters. The number of rotatable bonds is 2. The lowest BCUT2D eigenvalue weighted by Gasteiger charge is -1.83. The highest BCUT2D eigenvalue weighted by Crippen LogP contribution is 2.13. The van der Waals surface area contributed by atoms with Crippen molar-refractivity contribution in [2.24, 2.45) is 4.99 Å². The maximum atomic E-state index is 7.15. The van der Waals surface area contributed by atoms with Gasteiger partial charge in [-0.2, -0.15) is 0 Å². The Morgan fingerprint density at radius 1 is 1.75 bits per heavy atom. The van der Waals surface area contributed by atoms with Crippen LogP contribution < -0.4 is 5.68 Å². The zero-order valence-electron chi connectivity index (χ0n) is 6.72. The summed E-state index contributed by atoms with van der Waals surface area (Å²) in [5.41, 5.74) is 2.52. The van der Waals surface area contributed by atoms with E-state index in [2.05, 4.69) is 22.3 Å². The van der Waals surface area contributed by atoms with Crippen LogP contribution in [0.1, 0.15) is 12.7 Å². The van der Waals surface area contributed by atoms with Gasteiger partial charge in [-0.3, -0.25) is 10.4 Å². The highest BCUT2D eigenvalue weighted by atomic mass is 16.4. The molecule has 0 spiro atoms. The Bertz CT molecular complexity index is 391. The topological polar surface area (TPSA) is 65.1 Å². The molecule has 0 unspecified atom stereocenters. The van der Waals surface area contributed by atoms with E-state index in [0.717, 1.165) is 0 Å². The first-order chi connectivity index (χ1) is 5.77. The van der Waals surface area contributed by atoms with Gasteiger partial charge in [0.25, 0.3) is 5.68 Å². The molecule has 1 heterocycles. The third-order valence-corrected chi connectivity index (χ3v) is 1.17. The zero-order valence-corrected chi connectivity index (χ0v) is 6.72. The van der Waals surface area contributed by atoms with E-state index in [1.807, 2.05) is 0 Å². The largest absolute Gasteiger partial charge is 0.421 e. The molecule has 0 aliphatic carbocycles. The number of nitrogens with zero attached hydrogens (tertiary/aromatic N) is 1. The van der Waals surface area contributed by atoms with Gasteiger partial charge in [-0.25, -0.2) is 4.99 Å². The van der Waals surface area contributed by atoms with E-state index in [1.54, 1.807) is 13.1 Å². The smallest absolute Gasteiger partial charge is 0.293 e. The Morgan fingerprint density at radius 2 is 2.50 bits per heavy atom. The molecule has 0 saturated heterocycles. The average Bonchev–Trinajstić information content (AvgIpc) is 2.33. The van der Waals surface area contributed by atoms with E-state index in [1.165, 1.54) is 6.08 Å². The molecule has 1 aromatic heterocycles. The molecule has 1 aromatic rings. The van der Waals surface area contributed by atoms with Crippen LogP contribution in [0.4, 0.5) is 5.82 Å². The second-order valence-electron chi connectivity index (χ2n) is 2.00. The summed E-state index contributed by atoms with van der Waals surface area (Å²) in [7, 11) is 0. The van der Waals surface area contributed by atoms with Gasteiger partial charge in [0.05, 0.1) is 0 Å². The molecule has 4 nitrogen and oxygen atoms in total. The third kappa shape index (κ3) is 1.62. The minimum absolute atomic E-state index is 0.0305. The lowest BCUT2D eigenvalue weighted by Crippen LogP contribution is -1.93. The van der Waals surface area contributed by atoms with Gasteiger partial charge < -0.3 is 4.42 Å². The lowest BCUT2D eigenvalue weighted by atomic mass is 10.4. The van der Waals surface area contributed by atoms with Crippen molar-refractivity contribution in [3.63, 3.8) is 0 Å². The Kier molecular flexibility index (Phi) is 2.46. The summed E-state index contributed by atoms with van der Waals surface area (Å²) in [6.07, 6.45) is 3.14. The monoisotopic (exact) mass is 163 g/mol. The Balaban J connectivity index is 3.25. The van der Waals surface area contributed by atoms with Crippen molar-refractivity contribution >= 4 is 18.1 Å². The second kappa shape index (κ2) is 3.55. The van der Waals surface area contributed by atoms with E-state index < -0.39 is 0 Å². The molecule has 62 valence electrons. The lowest BCUT2D eigenvalue weighted by molar-refractivity contribution is 0.481. The van der Waals surface area contributed by atoms with Crippen molar-refractivity contribution in [1.82, 2.24) is 4.98 Å². The summed E-state index contributed by atoms with van der Waals surface area (Å²) in [6.45, 7) is 5.18. The molecule has 0 radical (unpaired) electrons. The van der Waals surface area contributed by atoms with Crippen LogP contribution >= 0.6 is 0 Å². The van der Waals surface area contributed by atoms with E-state index in [-0.39, 0.29) is 5.68 Å². The van der Waals surface area contributed by atoms with Crippen LogP contribution in [-0.4, -0.2) is 11.2 Å². The number of hydrogen-bond acceptors (Lipinski definition) is 3. The molecule has 1 rings (SSSR count). The van der Waals surface area contributed by atoms with Crippen molar-refractivity contribution in [3.05, 3.63) is 23.8 Å². The van der Waals surface area contributed by atoms with Gasteiger partial charge in [-0.05, 0) is 6.92 Å². The van der Waals surface area contributed by atoms with Crippen LogP contribution in [0.25, 0.3) is 6.08 Å². The fourth-order valence-electron chi connectivity index (χ4n) is 0.768. The predicted octanol–water partition coefficient (Wildman–Crippen LogP) is 1.61. The molecule has 0 amide bonds. The minimum atomic E-state index is -0.0305. The van der Waals surface area contributed by atoms with Crippen molar-refractivity contribution in [1.29, 1.82) is 5.41 Å². The van der Waals surface area contributed by atoms with E-state index in [9.17, 15) is 0 Å². The second-order valence-corrected chi connectivity index (χ2v) is 2.00. The van der Waals surface area contributed by atoms with Crippen LogP contribution in [0.5, 0.6) is 0 Å². The van der Waals surface area contributed by atoms with E-state index in [4.69, 9.17) is 9.83 Å². The first-order valence-electron chi connectivity index (χ1n) is 3.40. The van der Waals surface area contributed by atoms with Gasteiger partial charge in [0.1, 0.15) is 0 Å². The van der Waals surface area contributed by atoms with Crippen molar-refractivity contribution in [2.75, 3.05) is 0 Å². The fourth-order valence-corrected chi connectivity index (χ4v) is 0.768. The highest BCUT2D eigenvalue weighted by Gasteiger charge is 2.01. The van der Waals surface area contributed by atoms with Gasteiger partial charge >= 0.3 is 0 Å². The van der Waals surface area contributed by atoms with Crippen LogP contribution in [0, 0.1) is 5.41 Å². The Morgan fingerprint density at radius 3 is 3.08 bits per heavy atom. The van der Waals surface area contributed by atoms with Crippen molar-refractivity contribution in [2.45, 2.75) is 6.92 Å². The summed E-state index contributed by atoms with van der Waals surface area (Å²) in [6, 6.07) is 0. The molecular formula is C8H9N3O. The maximum Gasteiger partial charge on any atom is 0.293 e. The summed E-state index contributed by atoms with van der Waals surface area (Å²) >= 11 is 0. The summed E-state index contributed by atoms with van der Waals surface area (Å²) < 4.78 is 4.95. The zero-order chi connectivity index (χ0) is 8.97. The first-order valence-corrected chi connectivity index (χ1v) is 3.40. The van der Waals surface area contributed by atoms with Crippen molar-refractivity contribution < 1.29 is 4.42 Å². The molecule has 4 heteroatoms.